The van der Waals surface area contributed by atoms with Crippen LogP contribution < -0.4 is 10.2 Å². The summed E-state index contributed by atoms with van der Waals surface area (Å²) >= 11 is 0. The number of nitrogens with zero attached hydrogens (tertiary/aromatic N) is 6. The molecule has 0 aromatic carbocycles. The van der Waals surface area contributed by atoms with E-state index in [1.165, 1.54) is 5.56 Å². The van der Waals surface area contributed by atoms with Crippen molar-refractivity contribution in [2.75, 3.05) is 18.0 Å². The Morgan fingerprint density at radius 2 is 1.94 bits per heavy atom. The quantitative estimate of drug-likeness (QED) is 0.633. The highest BCUT2D eigenvalue weighted by molar-refractivity contribution is 5.92. The van der Waals surface area contributed by atoms with E-state index in [2.05, 4.69) is 51.5 Å². The number of hydrogen-bond donors (Lipinski definition) is 1. The molecule has 3 atom stereocenters. The molecule has 3 aliphatic rings. The van der Waals surface area contributed by atoms with Crippen LogP contribution in [-0.2, 0) is 13.0 Å². The van der Waals surface area contributed by atoms with Crippen LogP contribution in [-0.4, -0.2) is 44.0 Å². The predicted molar refractivity (Wildman–Crippen MR) is 129 cm³/mol. The Morgan fingerprint density at radius 1 is 1.15 bits per heavy atom. The summed E-state index contributed by atoms with van der Waals surface area (Å²) in [5.74, 6) is 2.46. The lowest BCUT2D eigenvalue weighted by Gasteiger charge is -2.23. The summed E-state index contributed by atoms with van der Waals surface area (Å²) in [4.78, 5) is 24.5. The number of anilines is 1. The maximum absolute atomic E-state index is 12.8. The monoisotopic (exact) mass is 457 g/mol. The number of fused-ring (bicyclic) bond motifs is 2. The van der Waals surface area contributed by atoms with Gasteiger partial charge in [-0.15, -0.1) is 5.10 Å². The molecule has 1 saturated carbocycles. The van der Waals surface area contributed by atoms with Gasteiger partial charge in [-0.2, -0.15) is 0 Å². The van der Waals surface area contributed by atoms with Gasteiger partial charge in [0.2, 0.25) is 0 Å². The molecule has 6 rings (SSSR count). The minimum atomic E-state index is -0.195. The highest BCUT2D eigenvalue weighted by atomic mass is 16.2. The van der Waals surface area contributed by atoms with Gasteiger partial charge < -0.3 is 10.2 Å². The SMILES string of the molecule is Cc1nc(N2CC3C(C2)C3(C)C)ccc1Cn1cc(C(=O)N[C@@H]2CCc3c2ccnc3C)nn1. The minimum Gasteiger partial charge on any atom is -0.356 e. The maximum atomic E-state index is 12.8. The fourth-order valence-corrected chi connectivity index (χ4v) is 5.99. The first-order valence-electron chi connectivity index (χ1n) is 12.2. The number of aryl methyl sites for hydroxylation is 2. The zero-order chi connectivity index (χ0) is 23.6. The average Bonchev–Trinajstić information content (AvgIpc) is 3.37. The van der Waals surface area contributed by atoms with Crippen LogP contribution in [0.5, 0.6) is 0 Å². The molecule has 1 amide bonds. The van der Waals surface area contributed by atoms with Crippen LogP contribution in [0, 0.1) is 31.1 Å². The van der Waals surface area contributed by atoms with E-state index in [1.807, 2.05) is 26.1 Å². The van der Waals surface area contributed by atoms with Crippen LogP contribution in [0.15, 0.2) is 30.6 Å². The molecule has 0 bridgehead atoms. The molecule has 8 heteroatoms. The summed E-state index contributed by atoms with van der Waals surface area (Å²) in [6, 6.07) is 6.23. The normalized spacial score (nSPS) is 24.1. The number of nitrogens with one attached hydrogen (secondary N) is 1. The number of hydrogen-bond acceptors (Lipinski definition) is 6. The van der Waals surface area contributed by atoms with Crippen molar-refractivity contribution >= 4 is 11.7 Å². The molecule has 2 aliphatic carbocycles. The van der Waals surface area contributed by atoms with Gasteiger partial charge in [-0.1, -0.05) is 25.1 Å². The second kappa shape index (κ2) is 7.61. The van der Waals surface area contributed by atoms with E-state index in [-0.39, 0.29) is 11.9 Å². The second-order valence-electron chi connectivity index (χ2n) is 10.7. The Balaban J connectivity index is 1.10. The van der Waals surface area contributed by atoms with Gasteiger partial charge >= 0.3 is 0 Å². The Morgan fingerprint density at radius 3 is 2.71 bits per heavy atom. The van der Waals surface area contributed by atoms with Gasteiger partial charge in [-0.05, 0) is 72.8 Å². The summed E-state index contributed by atoms with van der Waals surface area (Å²) in [7, 11) is 0. The first-order valence-corrected chi connectivity index (χ1v) is 12.2. The minimum absolute atomic E-state index is 0.00413. The molecular weight excluding hydrogens is 426 g/mol. The number of aromatic nitrogens is 5. The van der Waals surface area contributed by atoms with Gasteiger partial charge in [0.25, 0.3) is 5.91 Å². The van der Waals surface area contributed by atoms with Crippen LogP contribution in [0.2, 0.25) is 0 Å². The Hall–Kier alpha value is -3.29. The Bertz CT molecular complexity index is 1270. The lowest BCUT2D eigenvalue weighted by molar-refractivity contribution is 0.0931. The number of carbonyl (C=O) groups is 1. The van der Waals surface area contributed by atoms with E-state index >= 15 is 0 Å². The van der Waals surface area contributed by atoms with Gasteiger partial charge in [0, 0.05) is 30.7 Å². The molecule has 2 fully saturated rings. The number of carbonyl (C=O) groups excluding carboxylic acids is 1. The first-order chi connectivity index (χ1) is 16.3. The lowest BCUT2D eigenvalue weighted by atomic mass is 10.1. The van der Waals surface area contributed by atoms with Crippen molar-refractivity contribution in [3.8, 4) is 0 Å². The molecule has 4 heterocycles. The van der Waals surface area contributed by atoms with E-state index < -0.39 is 0 Å². The highest BCUT2D eigenvalue weighted by Crippen LogP contribution is 2.62. The third-order valence-electron chi connectivity index (χ3n) is 8.40. The van der Waals surface area contributed by atoms with E-state index in [0.717, 1.165) is 66.1 Å². The van der Waals surface area contributed by atoms with Crippen molar-refractivity contribution < 1.29 is 4.79 Å². The molecule has 0 spiro atoms. The van der Waals surface area contributed by atoms with Crippen molar-refractivity contribution in [3.63, 3.8) is 0 Å². The summed E-state index contributed by atoms with van der Waals surface area (Å²) in [6.45, 7) is 11.6. The van der Waals surface area contributed by atoms with Gasteiger partial charge in [0.15, 0.2) is 5.69 Å². The Labute approximate surface area is 199 Å². The number of amides is 1. The number of piperidine rings is 1. The molecule has 1 saturated heterocycles. The summed E-state index contributed by atoms with van der Waals surface area (Å²) in [5.41, 5.74) is 6.36. The number of pyridine rings is 2. The zero-order valence-corrected chi connectivity index (χ0v) is 20.2. The molecular formula is C26H31N7O. The molecule has 8 nitrogen and oxygen atoms in total. The molecule has 3 aromatic heterocycles. The van der Waals surface area contributed by atoms with Crippen molar-refractivity contribution in [2.45, 2.75) is 53.1 Å². The van der Waals surface area contributed by atoms with Gasteiger partial charge in [-0.3, -0.25) is 9.78 Å². The van der Waals surface area contributed by atoms with E-state index in [1.54, 1.807) is 10.9 Å². The molecule has 1 N–H and O–H groups in total. The zero-order valence-electron chi connectivity index (χ0n) is 20.2. The van der Waals surface area contributed by atoms with Gasteiger partial charge in [0.05, 0.1) is 18.8 Å². The van der Waals surface area contributed by atoms with Crippen LogP contribution in [0.3, 0.4) is 0 Å². The molecule has 34 heavy (non-hydrogen) atoms. The van der Waals surface area contributed by atoms with E-state index in [4.69, 9.17) is 4.98 Å². The van der Waals surface area contributed by atoms with Gasteiger partial charge in [-0.25, -0.2) is 9.67 Å². The first kappa shape index (κ1) is 21.3. The predicted octanol–water partition coefficient (Wildman–Crippen LogP) is 3.24. The summed E-state index contributed by atoms with van der Waals surface area (Å²) < 4.78 is 1.71. The third-order valence-corrected chi connectivity index (χ3v) is 8.40. The fourth-order valence-electron chi connectivity index (χ4n) is 5.99. The summed E-state index contributed by atoms with van der Waals surface area (Å²) in [6.07, 6.45) is 5.34. The van der Waals surface area contributed by atoms with Crippen molar-refractivity contribution in [3.05, 3.63) is 64.4 Å². The molecule has 3 aromatic rings. The molecule has 176 valence electrons. The van der Waals surface area contributed by atoms with Crippen LogP contribution in [0.25, 0.3) is 0 Å². The van der Waals surface area contributed by atoms with Crippen LogP contribution in [0.4, 0.5) is 5.82 Å². The van der Waals surface area contributed by atoms with Crippen molar-refractivity contribution in [2.24, 2.45) is 17.3 Å². The lowest BCUT2D eigenvalue weighted by Crippen LogP contribution is -2.27. The topological polar surface area (TPSA) is 88.8 Å². The third kappa shape index (κ3) is 3.47. The van der Waals surface area contributed by atoms with E-state index in [9.17, 15) is 4.79 Å². The largest absolute Gasteiger partial charge is 0.356 e. The van der Waals surface area contributed by atoms with Gasteiger partial charge in [0.1, 0.15) is 5.82 Å². The van der Waals surface area contributed by atoms with Crippen LogP contribution >= 0.6 is 0 Å². The van der Waals surface area contributed by atoms with Crippen LogP contribution in [0.1, 0.15) is 64.9 Å². The van der Waals surface area contributed by atoms with Crippen molar-refractivity contribution in [1.82, 2.24) is 30.3 Å². The fraction of sp³-hybridized carbons (Fsp3) is 0.500. The van der Waals surface area contributed by atoms with E-state index in [0.29, 0.717) is 17.7 Å². The molecule has 0 radical (unpaired) electrons. The summed E-state index contributed by atoms with van der Waals surface area (Å²) in [5, 5.41) is 11.4. The molecule has 2 unspecified atom stereocenters. The average molecular weight is 458 g/mol. The standard InChI is InChI=1S/C26H31N7O/c1-15-17(5-8-24(28-15)32-12-20-21(13-32)26(20,3)4)11-33-14-23(30-31-33)25(34)29-22-7-6-18-16(2)27-10-9-19(18)22/h5,8-10,14,20-22H,6-7,11-13H2,1-4H3,(H,29,34)/t20?,21?,22-/m1/s1. The highest BCUT2D eigenvalue weighted by Gasteiger charge is 2.62. The van der Waals surface area contributed by atoms with Crippen molar-refractivity contribution in [1.29, 1.82) is 0 Å². The maximum Gasteiger partial charge on any atom is 0.273 e. The smallest absolute Gasteiger partial charge is 0.273 e. The Kier molecular flexibility index (Phi) is 4.76. The molecule has 1 aliphatic heterocycles. The number of rotatable bonds is 5. The second-order valence-corrected chi connectivity index (χ2v) is 10.7.